The van der Waals surface area contributed by atoms with Gasteiger partial charge in [0, 0.05) is 6.20 Å². The number of methoxy groups -OCH3 is 1. The van der Waals surface area contributed by atoms with Crippen molar-refractivity contribution in [3.8, 4) is 0 Å². The highest BCUT2D eigenvalue weighted by Gasteiger charge is 2.16. The highest BCUT2D eigenvalue weighted by molar-refractivity contribution is 7.98. The quantitative estimate of drug-likeness (QED) is 0.545. The number of carbonyl (C=O) groups excluding carboxylic acids is 1. The van der Waals surface area contributed by atoms with E-state index in [1.807, 2.05) is 35.0 Å². The molecule has 3 aromatic heterocycles. The molecule has 0 amide bonds. The molecule has 0 N–H and O–H groups in total. The molecule has 20 heavy (non-hydrogen) atoms. The van der Waals surface area contributed by atoms with Gasteiger partial charge >= 0.3 is 5.97 Å². The zero-order chi connectivity index (χ0) is 13.9. The van der Waals surface area contributed by atoms with Crippen LogP contribution in [0.4, 0.5) is 0 Å². The normalized spacial score (nSPS) is 10.8. The van der Waals surface area contributed by atoms with Gasteiger partial charge in [-0.3, -0.25) is 4.40 Å². The predicted octanol–water partition coefficient (Wildman–Crippen LogP) is 3.01. The number of thioether (sulfide) groups is 1. The summed E-state index contributed by atoms with van der Waals surface area (Å²) in [6, 6.07) is 7.52. The standard InChI is InChI=1S/C14H12N2O3S/c1-18-13(17)11-5-7-19-12(11)9-20-14-15-8-10-4-2-3-6-16(10)14/h2-8H,9H2,1H3. The van der Waals surface area contributed by atoms with Crippen LogP contribution in [0.5, 0.6) is 0 Å². The molecule has 0 aromatic carbocycles. The summed E-state index contributed by atoms with van der Waals surface area (Å²) in [5.74, 6) is 0.725. The molecule has 0 spiro atoms. The highest BCUT2D eigenvalue weighted by atomic mass is 32.2. The molecule has 0 aliphatic rings. The number of carbonyl (C=O) groups is 1. The second kappa shape index (κ2) is 5.42. The van der Waals surface area contributed by atoms with Crippen molar-refractivity contribution in [3.63, 3.8) is 0 Å². The number of hydrogen-bond acceptors (Lipinski definition) is 5. The Kier molecular flexibility index (Phi) is 3.47. The van der Waals surface area contributed by atoms with Crippen molar-refractivity contribution < 1.29 is 13.9 Å². The maximum atomic E-state index is 11.6. The molecule has 0 atom stereocenters. The van der Waals surface area contributed by atoms with Crippen LogP contribution in [0.15, 0.2) is 52.5 Å². The van der Waals surface area contributed by atoms with Crippen LogP contribution in [-0.4, -0.2) is 22.5 Å². The maximum Gasteiger partial charge on any atom is 0.341 e. The Labute approximate surface area is 119 Å². The monoisotopic (exact) mass is 288 g/mol. The topological polar surface area (TPSA) is 56.7 Å². The number of pyridine rings is 1. The van der Waals surface area contributed by atoms with E-state index < -0.39 is 0 Å². The molecule has 0 saturated heterocycles. The number of rotatable bonds is 4. The molecule has 0 aliphatic carbocycles. The molecule has 0 unspecified atom stereocenters. The SMILES string of the molecule is COC(=O)c1ccoc1CSc1ncc2ccccn12. The molecular weight excluding hydrogens is 276 g/mol. The smallest absolute Gasteiger partial charge is 0.341 e. The third-order valence-electron chi connectivity index (χ3n) is 2.89. The lowest BCUT2D eigenvalue weighted by Crippen LogP contribution is -2.02. The van der Waals surface area contributed by atoms with Gasteiger partial charge < -0.3 is 9.15 Å². The summed E-state index contributed by atoms with van der Waals surface area (Å²) in [6.45, 7) is 0. The lowest BCUT2D eigenvalue weighted by molar-refractivity contribution is 0.0598. The molecule has 3 heterocycles. The third-order valence-corrected chi connectivity index (χ3v) is 3.85. The first-order valence-corrected chi connectivity index (χ1v) is 6.97. The molecule has 0 bridgehead atoms. The lowest BCUT2D eigenvalue weighted by atomic mass is 10.3. The first-order chi connectivity index (χ1) is 9.79. The average Bonchev–Trinajstić information content (AvgIpc) is 3.11. The molecule has 0 saturated carbocycles. The first kappa shape index (κ1) is 12.8. The fourth-order valence-electron chi connectivity index (χ4n) is 1.90. The minimum Gasteiger partial charge on any atom is -0.468 e. The van der Waals surface area contributed by atoms with Crippen LogP contribution >= 0.6 is 11.8 Å². The number of imidazole rings is 1. The number of fused-ring (bicyclic) bond motifs is 1. The molecule has 5 nitrogen and oxygen atoms in total. The Balaban J connectivity index is 1.80. The second-order valence-electron chi connectivity index (χ2n) is 4.07. The minimum atomic E-state index is -0.387. The Hall–Kier alpha value is -2.21. The van der Waals surface area contributed by atoms with Crippen molar-refractivity contribution in [1.82, 2.24) is 9.38 Å². The molecule has 102 valence electrons. The summed E-state index contributed by atoms with van der Waals surface area (Å²) >= 11 is 1.51. The lowest BCUT2D eigenvalue weighted by Gasteiger charge is -2.01. The van der Waals surface area contributed by atoms with E-state index >= 15 is 0 Å². The number of aromatic nitrogens is 2. The van der Waals surface area contributed by atoms with Crippen LogP contribution in [-0.2, 0) is 10.5 Å². The van der Waals surface area contributed by atoms with E-state index in [4.69, 9.17) is 9.15 Å². The summed E-state index contributed by atoms with van der Waals surface area (Å²) < 4.78 is 12.0. The van der Waals surface area contributed by atoms with E-state index in [2.05, 4.69) is 4.98 Å². The van der Waals surface area contributed by atoms with E-state index in [1.54, 1.807) is 6.07 Å². The molecule has 6 heteroatoms. The predicted molar refractivity (Wildman–Crippen MR) is 74.8 cm³/mol. The van der Waals surface area contributed by atoms with E-state index in [0.717, 1.165) is 10.7 Å². The van der Waals surface area contributed by atoms with Crippen molar-refractivity contribution >= 4 is 23.2 Å². The van der Waals surface area contributed by atoms with Crippen LogP contribution in [0.3, 0.4) is 0 Å². The summed E-state index contributed by atoms with van der Waals surface area (Å²) in [6.07, 6.45) is 5.26. The molecule has 0 fully saturated rings. The molecular formula is C14H12N2O3S. The van der Waals surface area contributed by atoms with Crippen LogP contribution in [0.25, 0.3) is 5.52 Å². The van der Waals surface area contributed by atoms with Gasteiger partial charge in [-0.2, -0.15) is 0 Å². The second-order valence-corrected chi connectivity index (χ2v) is 5.02. The van der Waals surface area contributed by atoms with Gasteiger partial charge in [-0.15, -0.1) is 0 Å². The van der Waals surface area contributed by atoms with Gasteiger partial charge in [0.1, 0.15) is 11.3 Å². The van der Waals surface area contributed by atoms with Crippen LogP contribution in [0.2, 0.25) is 0 Å². The molecule has 0 aliphatic heterocycles. The van der Waals surface area contributed by atoms with Crippen LogP contribution in [0, 0.1) is 0 Å². The number of hydrogen-bond donors (Lipinski definition) is 0. The number of ether oxygens (including phenoxy) is 1. The number of furan rings is 1. The van der Waals surface area contributed by atoms with Gasteiger partial charge in [0.2, 0.25) is 0 Å². The molecule has 3 rings (SSSR count). The fraction of sp³-hybridized carbons (Fsp3) is 0.143. The van der Waals surface area contributed by atoms with Gasteiger partial charge in [-0.1, -0.05) is 17.8 Å². The Bertz CT molecular complexity index is 748. The zero-order valence-electron chi connectivity index (χ0n) is 10.8. The molecule has 0 radical (unpaired) electrons. The third kappa shape index (κ3) is 2.30. The van der Waals surface area contributed by atoms with Gasteiger partial charge in [-0.25, -0.2) is 9.78 Å². The number of nitrogens with zero attached hydrogens (tertiary/aromatic N) is 2. The zero-order valence-corrected chi connectivity index (χ0v) is 11.6. The van der Waals surface area contributed by atoms with Crippen molar-refractivity contribution in [3.05, 3.63) is 54.2 Å². The van der Waals surface area contributed by atoms with Gasteiger partial charge in [0.25, 0.3) is 0 Å². The van der Waals surface area contributed by atoms with Crippen molar-refractivity contribution in [2.75, 3.05) is 7.11 Å². The number of esters is 1. The fourth-order valence-corrected chi connectivity index (χ4v) is 2.82. The van der Waals surface area contributed by atoms with Crippen LogP contribution in [0.1, 0.15) is 16.1 Å². The summed E-state index contributed by atoms with van der Waals surface area (Å²) in [7, 11) is 1.36. The van der Waals surface area contributed by atoms with Gasteiger partial charge in [0.15, 0.2) is 5.16 Å². The minimum absolute atomic E-state index is 0.387. The van der Waals surface area contributed by atoms with E-state index in [9.17, 15) is 4.79 Å². The van der Waals surface area contributed by atoms with Crippen molar-refractivity contribution in [1.29, 1.82) is 0 Å². The Morgan fingerprint density at radius 1 is 1.45 bits per heavy atom. The van der Waals surface area contributed by atoms with Gasteiger partial charge in [0.05, 0.1) is 30.8 Å². The maximum absolute atomic E-state index is 11.6. The van der Waals surface area contributed by atoms with Crippen molar-refractivity contribution in [2.24, 2.45) is 0 Å². The van der Waals surface area contributed by atoms with E-state index in [-0.39, 0.29) is 5.97 Å². The largest absolute Gasteiger partial charge is 0.468 e. The average molecular weight is 288 g/mol. The summed E-state index contributed by atoms with van der Waals surface area (Å²) in [4.78, 5) is 15.9. The van der Waals surface area contributed by atoms with Gasteiger partial charge in [-0.05, 0) is 18.2 Å². The Morgan fingerprint density at radius 3 is 3.20 bits per heavy atom. The molecule has 3 aromatic rings. The first-order valence-electron chi connectivity index (χ1n) is 5.99. The highest BCUT2D eigenvalue weighted by Crippen LogP contribution is 2.25. The van der Waals surface area contributed by atoms with E-state index in [0.29, 0.717) is 17.1 Å². The Morgan fingerprint density at radius 2 is 2.35 bits per heavy atom. The summed E-state index contributed by atoms with van der Waals surface area (Å²) in [5.41, 5.74) is 1.49. The summed E-state index contributed by atoms with van der Waals surface area (Å²) in [5, 5.41) is 0.854. The van der Waals surface area contributed by atoms with Crippen LogP contribution < -0.4 is 0 Å². The van der Waals surface area contributed by atoms with Crippen molar-refractivity contribution in [2.45, 2.75) is 10.9 Å². The van der Waals surface area contributed by atoms with E-state index in [1.165, 1.54) is 25.1 Å².